The van der Waals surface area contributed by atoms with Gasteiger partial charge in [0.25, 0.3) is 0 Å². The third-order valence-corrected chi connectivity index (χ3v) is 5.54. The van der Waals surface area contributed by atoms with Crippen molar-refractivity contribution in [3.63, 3.8) is 0 Å². The number of anilines is 1. The van der Waals surface area contributed by atoms with Gasteiger partial charge in [0, 0.05) is 12.2 Å². The molecule has 0 aliphatic carbocycles. The highest BCUT2D eigenvalue weighted by molar-refractivity contribution is 5.93. The second-order valence-electron chi connectivity index (χ2n) is 7.62. The molecule has 10 heteroatoms. The number of carboxylic acid groups (broad SMARTS) is 1. The third-order valence-electron chi connectivity index (χ3n) is 5.54. The molecular formula is C22H23F4N3O3. The zero-order valence-electron chi connectivity index (χ0n) is 17.1. The number of aliphatic carboxylic acids is 1. The molecule has 1 amide bonds. The molecule has 32 heavy (non-hydrogen) atoms. The number of nitrogens with zero attached hydrogens (tertiary/aromatic N) is 2. The fourth-order valence-corrected chi connectivity index (χ4v) is 3.98. The van der Waals surface area contributed by atoms with Crippen LogP contribution in [0.1, 0.15) is 18.4 Å². The van der Waals surface area contributed by atoms with Crippen LogP contribution in [0.5, 0.6) is 0 Å². The molecule has 0 unspecified atom stereocenters. The van der Waals surface area contributed by atoms with E-state index in [4.69, 9.17) is 9.90 Å². The quantitative estimate of drug-likeness (QED) is 0.698. The lowest BCUT2D eigenvalue weighted by Crippen LogP contribution is -2.55. The average molecular weight is 453 g/mol. The van der Waals surface area contributed by atoms with Crippen LogP contribution in [0.4, 0.5) is 23.2 Å². The number of carbonyl (C=O) groups is 2. The first-order chi connectivity index (χ1) is 15.1. The smallest absolute Gasteiger partial charge is 0.475 e. The zero-order chi connectivity index (χ0) is 23.4. The van der Waals surface area contributed by atoms with Crippen molar-refractivity contribution in [3.05, 3.63) is 66.0 Å². The Labute approximate surface area is 182 Å². The average Bonchev–Trinajstić information content (AvgIpc) is 3.01. The van der Waals surface area contributed by atoms with E-state index in [1.54, 1.807) is 12.1 Å². The molecule has 0 radical (unpaired) electrons. The summed E-state index contributed by atoms with van der Waals surface area (Å²) < 4.78 is 45.1. The predicted octanol–water partition coefficient (Wildman–Crippen LogP) is 3.39. The van der Waals surface area contributed by atoms with Crippen molar-refractivity contribution in [2.45, 2.75) is 31.1 Å². The maximum Gasteiger partial charge on any atom is 0.490 e. The highest BCUT2D eigenvalue weighted by atomic mass is 19.4. The van der Waals surface area contributed by atoms with Crippen molar-refractivity contribution in [3.8, 4) is 0 Å². The van der Waals surface area contributed by atoms with E-state index < -0.39 is 17.7 Å². The lowest BCUT2D eigenvalue weighted by Gasteiger charge is -2.40. The minimum absolute atomic E-state index is 0.183. The summed E-state index contributed by atoms with van der Waals surface area (Å²) in [6.45, 7) is 2.79. The Kier molecular flexibility index (Phi) is 7.02. The summed E-state index contributed by atoms with van der Waals surface area (Å²) in [6, 6.07) is 16.5. The molecule has 172 valence electrons. The molecule has 2 aromatic carbocycles. The number of alkyl halides is 3. The molecule has 2 fully saturated rings. The number of nitrogens with one attached hydrogen (secondary N) is 1. The first-order valence-corrected chi connectivity index (χ1v) is 10.0. The first kappa shape index (κ1) is 23.5. The SMILES string of the molecule is O=C(O)C(F)(F)F.O=C1N(Cc2ccccc2)CN(c2ccc(F)cc2)C12CCNCC2. The van der Waals surface area contributed by atoms with Crippen molar-refractivity contribution in [1.82, 2.24) is 10.2 Å². The first-order valence-electron chi connectivity index (χ1n) is 10.0. The van der Waals surface area contributed by atoms with Crippen LogP contribution in [-0.4, -0.2) is 53.4 Å². The minimum Gasteiger partial charge on any atom is -0.475 e. The van der Waals surface area contributed by atoms with Crippen molar-refractivity contribution >= 4 is 17.6 Å². The largest absolute Gasteiger partial charge is 0.490 e. The fraction of sp³-hybridized carbons (Fsp3) is 0.364. The molecule has 2 aliphatic heterocycles. The van der Waals surface area contributed by atoms with Crippen molar-refractivity contribution in [2.75, 3.05) is 24.7 Å². The molecule has 2 saturated heterocycles. The molecule has 0 bridgehead atoms. The van der Waals surface area contributed by atoms with E-state index in [1.165, 1.54) is 12.1 Å². The Morgan fingerprint density at radius 1 is 1.03 bits per heavy atom. The van der Waals surface area contributed by atoms with Crippen LogP contribution in [0.2, 0.25) is 0 Å². The minimum atomic E-state index is -5.08. The second kappa shape index (κ2) is 9.56. The third kappa shape index (κ3) is 5.18. The van der Waals surface area contributed by atoms with Gasteiger partial charge in [-0.3, -0.25) is 4.79 Å². The normalized spacial score (nSPS) is 17.8. The lowest BCUT2D eigenvalue weighted by molar-refractivity contribution is -0.192. The maximum atomic E-state index is 13.3. The Morgan fingerprint density at radius 3 is 2.12 bits per heavy atom. The van der Waals surface area contributed by atoms with Gasteiger partial charge in [-0.25, -0.2) is 9.18 Å². The maximum absolute atomic E-state index is 13.3. The van der Waals surface area contributed by atoms with E-state index >= 15 is 0 Å². The van der Waals surface area contributed by atoms with Crippen LogP contribution in [-0.2, 0) is 16.1 Å². The van der Waals surface area contributed by atoms with Gasteiger partial charge in [0.1, 0.15) is 11.4 Å². The standard InChI is InChI=1S/C20H22FN3O.C2HF3O2/c21-17-6-8-18(9-7-17)24-15-23(14-16-4-2-1-3-5-16)19(25)20(24)10-12-22-13-11-20;3-2(4,5)1(6)7/h1-9,22H,10-15H2;(H,6,7). The second-order valence-corrected chi connectivity index (χ2v) is 7.62. The number of halogens is 4. The fourth-order valence-electron chi connectivity index (χ4n) is 3.98. The van der Waals surface area contributed by atoms with Crippen molar-refractivity contribution in [2.24, 2.45) is 0 Å². The predicted molar refractivity (Wildman–Crippen MR) is 109 cm³/mol. The zero-order valence-corrected chi connectivity index (χ0v) is 17.1. The topological polar surface area (TPSA) is 72.9 Å². The van der Waals surface area contributed by atoms with Gasteiger partial charge in [-0.05, 0) is 55.8 Å². The molecular weight excluding hydrogens is 430 g/mol. The molecule has 2 aliphatic rings. The Bertz CT molecular complexity index is 930. The number of benzene rings is 2. The van der Waals surface area contributed by atoms with Gasteiger partial charge in [-0.15, -0.1) is 0 Å². The highest BCUT2D eigenvalue weighted by Crippen LogP contribution is 2.38. The number of hydrogen-bond acceptors (Lipinski definition) is 4. The molecule has 0 saturated carbocycles. The Balaban J connectivity index is 0.000000360. The number of carboxylic acids is 1. The van der Waals surface area contributed by atoms with Gasteiger partial charge in [0.2, 0.25) is 5.91 Å². The van der Waals surface area contributed by atoms with E-state index in [0.29, 0.717) is 13.2 Å². The van der Waals surface area contributed by atoms with Gasteiger partial charge in [-0.1, -0.05) is 30.3 Å². The summed E-state index contributed by atoms with van der Waals surface area (Å²) in [5.74, 6) is -2.83. The van der Waals surface area contributed by atoms with Crippen LogP contribution in [0.3, 0.4) is 0 Å². The molecule has 4 rings (SSSR count). The van der Waals surface area contributed by atoms with Gasteiger partial charge in [0.15, 0.2) is 0 Å². The number of carbonyl (C=O) groups excluding carboxylic acids is 1. The van der Waals surface area contributed by atoms with Crippen molar-refractivity contribution < 1.29 is 32.3 Å². The van der Waals surface area contributed by atoms with E-state index in [2.05, 4.69) is 10.2 Å². The molecule has 2 aromatic rings. The van der Waals surface area contributed by atoms with Crippen LogP contribution < -0.4 is 10.2 Å². The summed E-state index contributed by atoms with van der Waals surface area (Å²) in [7, 11) is 0. The van der Waals surface area contributed by atoms with E-state index in [1.807, 2.05) is 35.2 Å². The molecule has 2 N–H and O–H groups in total. The summed E-state index contributed by atoms with van der Waals surface area (Å²) in [5, 5.41) is 10.5. The van der Waals surface area contributed by atoms with E-state index in [0.717, 1.165) is 37.2 Å². The van der Waals surface area contributed by atoms with Gasteiger partial charge in [-0.2, -0.15) is 13.2 Å². The van der Waals surface area contributed by atoms with Crippen LogP contribution in [0, 0.1) is 5.82 Å². The highest BCUT2D eigenvalue weighted by Gasteiger charge is 2.52. The van der Waals surface area contributed by atoms with Crippen LogP contribution >= 0.6 is 0 Å². The number of rotatable bonds is 3. The number of hydrogen-bond donors (Lipinski definition) is 2. The van der Waals surface area contributed by atoms with Gasteiger partial charge < -0.3 is 20.2 Å². The molecule has 1 spiro atoms. The molecule has 0 atom stereocenters. The van der Waals surface area contributed by atoms with Gasteiger partial charge >= 0.3 is 12.1 Å². The summed E-state index contributed by atoms with van der Waals surface area (Å²) in [4.78, 5) is 26.3. The summed E-state index contributed by atoms with van der Waals surface area (Å²) in [6.07, 6.45) is -3.54. The van der Waals surface area contributed by atoms with Gasteiger partial charge in [0.05, 0.1) is 6.67 Å². The number of piperidine rings is 1. The van der Waals surface area contributed by atoms with Crippen LogP contribution in [0.15, 0.2) is 54.6 Å². The molecule has 0 aromatic heterocycles. The number of amides is 1. The van der Waals surface area contributed by atoms with Crippen LogP contribution in [0.25, 0.3) is 0 Å². The van der Waals surface area contributed by atoms with E-state index in [-0.39, 0.29) is 11.7 Å². The molecule has 2 heterocycles. The Hall–Kier alpha value is -3.14. The lowest BCUT2D eigenvalue weighted by atomic mass is 9.86. The summed E-state index contributed by atoms with van der Waals surface area (Å²) >= 11 is 0. The monoisotopic (exact) mass is 453 g/mol. The Morgan fingerprint density at radius 2 is 1.59 bits per heavy atom. The van der Waals surface area contributed by atoms with E-state index in [9.17, 15) is 22.4 Å². The summed E-state index contributed by atoms with van der Waals surface area (Å²) in [5.41, 5.74) is 1.52. The van der Waals surface area contributed by atoms with Crippen molar-refractivity contribution in [1.29, 1.82) is 0 Å². The molecule has 6 nitrogen and oxygen atoms in total.